The number of esters is 1. The largest absolute Gasteiger partial charge is 0.469 e. The number of carbonyl (C=O) groups is 1. The van der Waals surface area contributed by atoms with E-state index in [2.05, 4.69) is 23.9 Å². The number of methoxy groups -OCH3 is 1. The number of rotatable bonds is 7. The molecule has 0 bridgehead atoms. The van der Waals surface area contributed by atoms with Gasteiger partial charge in [-0.05, 0) is 54.5 Å². The number of carbonyl (C=O) groups excluding carboxylic acids is 1. The van der Waals surface area contributed by atoms with E-state index >= 15 is 0 Å². The van der Waals surface area contributed by atoms with Crippen LogP contribution in [0.3, 0.4) is 0 Å². The van der Waals surface area contributed by atoms with E-state index in [0.717, 1.165) is 26.1 Å². The quantitative estimate of drug-likeness (QED) is 0.613. The van der Waals surface area contributed by atoms with Gasteiger partial charge in [0, 0.05) is 6.54 Å². The Bertz CT molecular complexity index is 215. The van der Waals surface area contributed by atoms with Crippen LogP contribution in [0.5, 0.6) is 0 Å². The van der Waals surface area contributed by atoms with Gasteiger partial charge in [-0.3, -0.25) is 4.79 Å². The van der Waals surface area contributed by atoms with Crippen molar-refractivity contribution in [2.24, 2.45) is 5.41 Å². The van der Waals surface area contributed by atoms with Crippen molar-refractivity contribution < 1.29 is 9.53 Å². The van der Waals surface area contributed by atoms with Crippen LogP contribution in [0.25, 0.3) is 0 Å². The molecule has 0 N–H and O–H groups in total. The van der Waals surface area contributed by atoms with Gasteiger partial charge in [0.2, 0.25) is 0 Å². The van der Waals surface area contributed by atoms with Crippen LogP contribution in [-0.2, 0) is 9.53 Å². The number of nitrogens with zero attached hydrogens (tertiary/aromatic N) is 2. The molecule has 0 heterocycles. The number of ether oxygens (including phenoxy) is 1. The summed E-state index contributed by atoms with van der Waals surface area (Å²) in [6.45, 7) is 6.64. The van der Waals surface area contributed by atoms with E-state index in [1.165, 1.54) is 7.11 Å². The molecule has 0 saturated heterocycles. The van der Waals surface area contributed by atoms with E-state index in [-0.39, 0.29) is 5.97 Å². The summed E-state index contributed by atoms with van der Waals surface area (Å²) in [5.74, 6) is -0.146. The second kappa shape index (κ2) is 6.86. The lowest BCUT2D eigenvalue weighted by molar-refractivity contribution is -0.151. The lowest BCUT2D eigenvalue weighted by Gasteiger charge is -2.28. The molecule has 96 valence electrons. The molecule has 0 aliphatic carbocycles. The average molecular weight is 230 g/mol. The summed E-state index contributed by atoms with van der Waals surface area (Å²) < 4.78 is 4.78. The Morgan fingerprint density at radius 1 is 1.19 bits per heavy atom. The van der Waals surface area contributed by atoms with Gasteiger partial charge in [0.1, 0.15) is 0 Å². The zero-order valence-electron chi connectivity index (χ0n) is 11.5. The summed E-state index contributed by atoms with van der Waals surface area (Å²) in [5, 5.41) is 0. The average Bonchev–Trinajstić information content (AvgIpc) is 2.14. The fourth-order valence-corrected chi connectivity index (χ4v) is 1.75. The molecule has 0 aliphatic rings. The molecule has 0 radical (unpaired) electrons. The summed E-state index contributed by atoms with van der Waals surface area (Å²) in [5.41, 5.74) is -0.429. The minimum absolute atomic E-state index is 0.146. The third-order valence-electron chi connectivity index (χ3n) is 2.55. The minimum Gasteiger partial charge on any atom is -0.469 e. The first kappa shape index (κ1) is 15.4. The molecule has 16 heavy (non-hydrogen) atoms. The minimum atomic E-state index is -0.429. The molecule has 4 nitrogen and oxygen atoms in total. The summed E-state index contributed by atoms with van der Waals surface area (Å²) in [6, 6.07) is 0. The maximum Gasteiger partial charge on any atom is 0.312 e. The van der Waals surface area contributed by atoms with Crippen molar-refractivity contribution in [2.75, 3.05) is 47.9 Å². The van der Waals surface area contributed by atoms with E-state index in [1.807, 2.05) is 20.9 Å². The van der Waals surface area contributed by atoms with Crippen molar-refractivity contribution in [3.8, 4) is 0 Å². The topological polar surface area (TPSA) is 32.8 Å². The van der Waals surface area contributed by atoms with Crippen molar-refractivity contribution in [1.29, 1.82) is 0 Å². The van der Waals surface area contributed by atoms with Crippen LogP contribution in [-0.4, -0.2) is 63.7 Å². The van der Waals surface area contributed by atoms with Gasteiger partial charge in [-0.15, -0.1) is 0 Å². The molecule has 0 saturated carbocycles. The van der Waals surface area contributed by atoms with Gasteiger partial charge in [0.05, 0.1) is 12.5 Å². The molecule has 0 aliphatic heterocycles. The third kappa shape index (κ3) is 6.08. The van der Waals surface area contributed by atoms with Crippen LogP contribution in [0.2, 0.25) is 0 Å². The first-order valence-electron chi connectivity index (χ1n) is 5.71. The van der Waals surface area contributed by atoms with E-state index in [9.17, 15) is 4.79 Å². The van der Waals surface area contributed by atoms with Crippen molar-refractivity contribution in [3.05, 3.63) is 0 Å². The number of hydrogen-bond acceptors (Lipinski definition) is 4. The van der Waals surface area contributed by atoms with Gasteiger partial charge in [0.25, 0.3) is 0 Å². The summed E-state index contributed by atoms with van der Waals surface area (Å²) in [6.07, 6.45) is 1.11. The summed E-state index contributed by atoms with van der Waals surface area (Å²) >= 11 is 0. The van der Waals surface area contributed by atoms with Crippen LogP contribution in [0.15, 0.2) is 0 Å². The van der Waals surface area contributed by atoms with E-state index < -0.39 is 5.41 Å². The molecule has 0 amide bonds. The van der Waals surface area contributed by atoms with Gasteiger partial charge in [-0.25, -0.2) is 0 Å². The van der Waals surface area contributed by atoms with E-state index in [4.69, 9.17) is 4.74 Å². The second-order valence-electron chi connectivity index (χ2n) is 5.27. The lowest BCUT2D eigenvalue weighted by atomic mass is 9.93. The monoisotopic (exact) mass is 230 g/mol. The van der Waals surface area contributed by atoms with Crippen molar-refractivity contribution in [2.45, 2.75) is 20.3 Å². The van der Waals surface area contributed by atoms with Crippen LogP contribution < -0.4 is 0 Å². The highest BCUT2D eigenvalue weighted by atomic mass is 16.5. The molecule has 0 fully saturated rings. The Morgan fingerprint density at radius 3 is 2.19 bits per heavy atom. The molecule has 0 spiro atoms. The molecule has 0 unspecified atom stereocenters. The Morgan fingerprint density at radius 2 is 1.75 bits per heavy atom. The lowest BCUT2D eigenvalue weighted by Crippen LogP contribution is -2.38. The molecule has 0 aromatic heterocycles. The van der Waals surface area contributed by atoms with Gasteiger partial charge in [-0.1, -0.05) is 0 Å². The van der Waals surface area contributed by atoms with Crippen LogP contribution in [0.4, 0.5) is 0 Å². The maximum absolute atomic E-state index is 11.5. The fourth-order valence-electron chi connectivity index (χ4n) is 1.75. The predicted octanol–water partition coefficient (Wildman–Crippen LogP) is 1.07. The highest BCUT2D eigenvalue weighted by molar-refractivity contribution is 5.76. The van der Waals surface area contributed by atoms with Crippen LogP contribution in [0.1, 0.15) is 20.3 Å². The molecule has 4 heteroatoms. The molecule has 0 aromatic carbocycles. The van der Waals surface area contributed by atoms with Gasteiger partial charge >= 0.3 is 5.97 Å². The molecule has 0 rings (SSSR count). The van der Waals surface area contributed by atoms with Crippen LogP contribution >= 0.6 is 0 Å². The van der Waals surface area contributed by atoms with E-state index in [1.54, 1.807) is 0 Å². The standard InChI is InChI=1S/C12H26N2O2/c1-12(2,11(15)16-6)10-14(5)9-7-8-13(3)4/h7-10H2,1-6H3. The van der Waals surface area contributed by atoms with Crippen molar-refractivity contribution >= 4 is 5.97 Å². The SMILES string of the molecule is COC(=O)C(C)(C)CN(C)CCCN(C)C. The van der Waals surface area contributed by atoms with Crippen LogP contribution in [0, 0.1) is 5.41 Å². The second-order valence-corrected chi connectivity index (χ2v) is 5.27. The smallest absolute Gasteiger partial charge is 0.312 e. The first-order valence-corrected chi connectivity index (χ1v) is 5.71. The number of hydrogen-bond donors (Lipinski definition) is 0. The molecular weight excluding hydrogens is 204 g/mol. The Kier molecular flexibility index (Phi) is 6.60. The molecule has 0 aromatic rings. The normalized spacial score (nSPS) is 12.2. The van der Waals surface area contributed by atoms with E-state index in [0.29, 0.717) is 0 Å². The summed E-state index contributed by atoms with van der Waals surface area (Å²) in [7, 11) is 7.62. The summed E-state index contributed by atoms with van der Waals surface area (Å²) in [4.78, 5) is 15.8. The fraction of sp³-hybridized carbons (Fsp3) is 0.917. The molecule has 0 atom stereocenters. The predicted molar refractivity (Wildman–Crippen MR) is 66.5 cm³/mol. The zero-order valence-corrected chi connectivity index (χ0v) is 11.5. The van der Waals surface area contributed by atoms with Gasteiger partial charge in [0.15, 0.2) is 0 Å². The highest BCUT2D eigenvalue weighted by Crippen LogP contribution is 2.18. The molecular formula is C12H26N2O2. The van der Waals surface area contributed by atoms with Crippen molar-refractivity contribution in [1.82, 2.24) is 9.80 Å². The Labute approximate surface area is 99.5 Å². The zero-order chi connectivity index (χ0) is 12.8. The maximum atomic E-state index is 11.5. The van der Waals surface area contributed by atoms with Gasteiger partial charge in [-0.2, -0.15) is 0 Å². The Balaban J connectivity index is 3.94. The van der Waals surface area contributed by atoms with Crippen molar-refractivity contribution in [3.63, 3.8) is 0 Å². The first-order chi connectivity index (χ1) is 7.29. The Hall–Kier alpha value is -0.610. The highest BCUT2D eigenvalue weighted by Gasteiger charge is 2.29. The van der Waals surface area contributed by atoms with Gasteiger partial charge < -0.3 is 14.5 Å². The third-order valence-corrected chi connectivity index (χ3v) is 2.55.